The minimum atomic E-state index is -0.116. The first-order chi connectivity index (χ1) is 8.09. The fourth-order valence-corrected chi connectivity index (χ4v) is 2.29. The molecule has 0 atom stereocenters. The van der Waals surface area contributed by atoms with Crippen molar-refractivity contribution >= 4 is 27.5 Å². The maximum Gasteiger partial charge on any atom is 0.277 e. The van der Waals surface area contributed by atoms with Crippen molar-refractivity contribution in [2.45, 2.75) is 19.8 Å². The van der Waals surface area contributed by atoms with Crippen LogP contribution in [0.15, 0.2) is 16.6 Å². The second-order valence-electron chi connectivity index (χ2n) is 4.12. The lowest BCUT2D eigenvalue weighted by atomic mass is 10.1. The Morgan fingerprint density at radius 2 is 2.24 bits per heavy atom. The fraction of sp³-hybridized carbons (Fsp3) is 0.417. The first-order valence-corrected chi connectivity index (χ1v) is 6.39. The molecule has 17 heavy (non-hydrogen) atoms. The van der Waals surface area contributed by atoms with Crippen LogP contribution in [0.4, 0.5) is 5.69 Å². The summed E-state index contributed by atoms with van der Waals surface area (Å²) in [5.41, 5.74) is 7.85. The number of rotatable bonds is 1. The molecule has 0 unspecified atom stereocenters. The van der Waals surface area contributed by atoms with Crippen molar-refractivity contribution < 1.29 is 9.63 Å². The van der Waals surface area contributed by atoms with Crippen LogP contribution in [0.2, 0.25) is 0 Å². The van der Waals surface area contributed by atoms with Crippen molar-refractivity contribution in [3.63, 3.8) is 0 Å². The summed E-state index contributed by atoms with van der Waals surface area (Å²) >= 11 is 3.35. The number of nitrogens with two attached hydrogens (primary N) is 1. The predicted octanol–water partition coefficient (Wildman–Crippen LogP) is 2.51. The average molecular weight is 299 g/mol. The summed E-state index contributed by atoms with van der Waals surface area (Å²) in [6.07, 6.45) is 1.98. The fourth-order valence-electron chi connectivity index (χ4n) is 1.81. The van der Waals surface area contributed by atoms with Crippen molar-refractivity contribution in [3.8, 4) is 0 Å². The van der Waals surface area contributed by atoms with Crippen LogP contribution in [0, 0.1) is 6.92 Å². The first-order valence-electron chi connectivity index (χ1n) is 5.60. The van der Waals surface area contributed by atoms with E-state index in [1.165, 1.54) is 5.06 Å². The van der Waals surface area contributed by atoms with Crippen LogP contribution in [-0.2, 0) is 4.84 Å². The largest absolute Gasteiger partial charge is 0.398 e. The van der Waals surface area contributed by atoms with E-state index in [-0.39, 0.29) is 5.91 Å². The summed E-state index contributed by atoms with van der Waals surface area (Å²) in [4.78, 5) is 17.6. The van der Waals surface area contributed by atoms with Gasteiger partial charge in [0.05, 0.1) is 6.61 Å². The van der Waals surface area contributed by atoms with E-state index < -0.39 is 0 Å². The molecule has 1 aliphatic heterocycles. The van der Waals surface area contributed by atoms with Gasteiger partial charge in [-0.1, -0.05) is 15.9 Å². The third-order valence-electron chi connectivity index (χ3n) is 2.87. The Morgan fingerprint density at radius 3 is 2.88 bits per heavy atom. The Labute approximate surface area is 109 Å². The number of halogens is 1. The lowest BCUT2D eigenvalue weighted by Gasteiger charge is -2.26. The summed E-state index contributed by atoms with van der Waals surface area (Å²) in [5.74, 6) is -0.116. The van der Waals surface area contributed by atoms with Gasteiger partial charge in [-0.25, -0.2) is 5.06 Å². The topological polar surface area (TPSA) is 55.6 Å². The molecule has 1 aromatic carbocycles. The zero-order valence-electron chi connectivity index (χ0n) is 9.70. The van der Waals surface area contributed by atoms with Crippen molar-refractivity contribution in [2.75, 3.05) is 18.9 Å². The van der Waals surface area contributed by atoms with Gasteiger partial charge < -0.3 is 5.73 Å². The Bertz CT molecular complexity index is 442. The monoisotopic (exact) mass is 298 g/mol. The van der Waals surface area contributed by atoms with Crippen LogP contribution < -0.4 is 5.73 Å². The number of nitrogens with zero attached hydrogens (tertiary/aromatic N) is 1. The molecule has 0 radical (unpaired) electrons. The van der Waals surface area contributed by atoms with Crippen LogP contribution in [0.1, 0.15) is 28.8 Å². The quantitative estimate of drug-likeness (QED) is 0.811. The Balaban J connectivity index is 2.29. The number of hydrogen-bond donors (Lipinski definition) is 1. The highest BCUT2D eigenvalue weighted by molar-refractivity contribution is 9.10. The maximum atomic E-state index is 12.2. The molecular weight excluding hydrogens is 284 g/mol. The van der Waals surface area contributed by atoms with Gasteiger partial charge in [-0.05, 0) is 37.5 Å². The lowest BCUT2D eigenvalue weighted by molar-refractivity contribution is -0.144. The van der Waals surface area contributed by atoms with Gasteiger partial charge in [-0.15, -0.1) is 0 Å². The van der Waals surface area contributed by atoms with E-state index in [9.17, 15) is 4.79 Å². The molecule has 0 spiro atoms. The summed E-state index contributed by atoms with van der Waals surface area (Å²) in [6.45, 7) is 3.10. The highest BCUT2D eigenvalue weighted by atomic mass is 79.9. The Hall–Kier alpha value is -1.07. The number of benzene rings is 1. The van der Waals surface area contributed by atoms with Gasteiger partial charge in [0.2, 0.25) is 0 Å². The molecule has 0 bridgehead atoms. The molecule has 1 saturated heterocycles. The van der Waals surface area contributed by atoms with Crippen molar-refractivity contribution in [3.05, 3.63) is 27.7 Å². The van der Waals surface area contributed by atoms with Gasteiger partial charge >= 0.3 is 0 Å². The van der Waals surface area contributed by atoms with Crippen molar-refractivity contribution in [2.24, 2.45) is 0 Å². The van der Waals surface area contributed by atoms with Gasteiger partial charge in [0.15, 0.2) is 0 Å². The van der Waals surface area contributed by atoms with E-state index in [1.54, 1.807) is 12.1 Å². The number of amides is 1. The molecule has 4 nitrogen and oxygen atoms in total. The SMILES string of the molecule is Cc1c(N)cc(Br)cc1C(=O)N1CCCCO1. The van der Waals surface area contributed by atoms with Crippen molar-refractivity contribution in [1.82, 2.24) is 5.06 Å². The smallest absolute Gasteiger partial charge is 0.277 e. The van der Waals surface area contributed by atoms with Crippen LogP contribution in [-0.4, -0.2) is 24.1 Å². The third-order valence-corrected chi connectivity index (χ3v) is 3.33. The predicted molar refractivity (Wildman–Crippen MR) is 69.5 cm³/mol. The standard InChI is InChI=1S/C12H15BrN2O2/c1-8-10(6-9(13)7-11(8)14)12(16)15-4-2-3-5-17-15/h6-7H,2-5,14H2,1H3. The van der Waals surface area contributed by atoms with E-state index in [1.807, 2.05) is 6.92 Å². The number of hydrogen-bond acceptors (Lipinski definition) is 3. The van der Waals surface area contributed by atoms with E-state index in [0.717, 1.165) is 22.9 Å². The van der Waals surface area contributed by atoms with Crippen LogP contribution >= 0.6 is 15.9 Å². The molecule has 0 aliphatic carbocycles. The van der Waals surface area contributed by atoms with Gasteiger partial charge in [0.25, 0.3) is 5.91 Å². The van der Waals surface area contributed by atoms with Crippen LogP contribution in [0.25, 0.3) is 0 Å². The third kappa shape index (κ3) is 2.61. The van der Waals surface area contributed by atoms with Gasteiger partial charge in [0, 0.05) is 22.3 Å². The average Bonchev–Trinajstić information content (AvgIpc) is 2.34. The highest BCUT2D eigenvalue weighted by Crippen LogP contribution is 2.24. The molecule has 1 fully saturated rings. The van der Waals surface area contributed by atoms with E-state index in [2.05, 4.69) is 15.9 Å². The Kier molecular flexibility index (Phi) is 3.69. The van der Waals surface area contributed by atoms with Gasteiger partial charge in [0.1, 0.15) is 0 Å². The summed E-state index contributed by atoms with van der Waals surface area (Å²) in [6, 6.07) is 3.58. The number of carbonyl (C=O) groups excluding carboxylic acids is 1. The second kappa shape index (κ2) is 5.06. The highest BCUT2D eigenvalue weighted by Gasteiger charge is 2.22. The van der Waals surface area contributed by atoms with Crippen LogP contribution in [0.3, 0.4) is 0 Å². The number of nitrogen functional groups attached to an aromatic ring is 1. The van der Waals surface area contributed by atoms with E-state index >= 15 is 0 Å². The molecule has 0 aromatic heterocycles. The zero-order chi connectivity index (χ0) is 12.4. The minimum Gasteiger partial charge on any atom is -0.398 e. The van der Waals surface area contributed by atoms with Crippen LogP contribution in [0.5, 0.6) is 0 Å². The zero-order valence-corrected chi connectivity index (χ0v) is 11.3. The molecule has 5 heteroatoms. The van der Waals surface area contributed by atoms with Gasteiger partial charge in [-0.2, -0.15) is 0 Å². The van der Waals surface area contributed by atoms with E-state index in [0.29, 0.717) is 24.4 Å². The molecule has 1 aliphatic rings. The molecule has 1 aromatic rings. The van der Waals surface area contributed by atoms with Gasteiger partial charge in [-0.3, -0.25) is 9.63 Å². The van der Waals surface area contributed by atoms with Crippen molar-refractivity contribution in [1.29, 1.82) is 0 Å². The molecule has 0 saturated carbocycles. The number of hydroxylamine groups is 2. The second-order valence-corrected chi connectivity index (χ2v) is 5.03. The maximum absolute atomic E-state index is 12.2. The Morgan fingerprint density at radius 1 is 1.47 bits per heavy atom. The summed E-state index contributed by atoms with van der Waals surface area (Å²) < 4.78 is 0.806. The molecule has 2 rings (SSSR count). The number of carbonyl (C=O) groups is 1. The molecule has 1 heterocycles. The normalized spacial score (nSPS) is 16.0. The molecule has 2 N–H and O–H groups in total. The minimum absolute atomic E-state index is 0.116. The first kappa shape index (κ1) is 12.4. The van der Waals surface area contributed by atoms with E-state index in [4.69, 9.17) is 10.6 Å². The summed E-state index contributed by atoms with van der Waals surface area (Å²) in [7, 11) is 0. The molecule has 1 amide bonds. The summed E-state index contributed by atoms with van der Waals surface area (Å²) in [5, 5.41) is 1.43. The lowest BCUT2D eigenvalue weighted by Crippen LogP contribution is -2.36. The molecule has 92 valence electrons. The molecular formula is C12H15BrN2O2. The number of anilines is 1.